The molecule has 0 radical (unpaired) electrons. The minimum absolute atomic E-state index is 0.198. The molecule has 4 N–H and O–H groups in total. The van der Waals surface area contributed by atoms with Gasteiger partial charge >= 0.3 is 6.03 Å². The first-order valence-corrected chi connectivity index (χ1v) is 7.28. The summed E-state index contributed by atoms with van der Waals surface area (Å²) < 4.78 is 1.59. The zero-order valence-electron chi connectivity index (χ0n) is 12.9. The number of carbonyl (C=O) groups is 2. The number of rotatable bonds is 3. The second-order valence-corrected chi connectivity index (χ2v) is 5.22. The molecule has 0 bridgehead atoms. The Balaban J connectivity index is 2.03. The average molecular weight is 315 g/mol. The van der Waals surface area contributed by atoms with Crippen molar-refractivity contribution in [2.24, 2.45) is 12.8 Å². The van der Waals surface area contributed by atoms with E-state index in [1.54, 1.807) is 17.9 Å². The molecule has 0 aliphatic heterocycles. The quantitative estimate of drug-likeness (QED) is 0.746. The van der Waals surface area contributed by atoms with E-state index in [9.17, 15) is 9.59 Å². The first kappa shape index (κ1) is 14.9. The van der Waals surface area contributed by atoms with Gasteiger partial charge in [0.05, 0.1) is 11.4 Å². The third-order valence-electron chi connectivity index (χ3n) is 3.67. The molecule has 0 aromatic carbocycles. The van der Waals surface area contributed by atoms with Crippen LogP contribution in [0.1, 0.15) is 28.5 Å². The van der Waals surface area contributed by atoms with E-state index in [2.05, 4.69) is 25.7 Å². The van der Waals surface area contributed by atoms with E-state index in [0.29, 0.717) is 25.1 Å². The van der Waals surface area contributed by atoms with Crippen LogP contribution in [0.25, 0.3) is 11.4 Å². The van der Waals surface area contributed by atoms with E-state index < -0.39 is 5.91 Å². The fourth-order valence-electron chi connectivity index (χ4n) is 2.72. The maximum atomic E-state index is 11.6. The lowest BCUT2D eigenvalue weighted by atomic mass is 9.93. The average Bonchev–Trinajstić information content (AvgIpc) is 2.85. The van der Waals surface area contributed by atoms with Crippen molar-refractivity contribution in [2.45, 2.75) is 19.8 Å². The number of fused-ring (bicyclic) bond motifs is 3. The second kappa shape index (κ2) is 5.67. The molecule has 120 valence electrons. The Morgan fingerprint density at radius 3 is 2.87 bits per heavy atom. The van der Waals surface area contributed by atoms with E-state index in [0.717, 1.165) is 16.8 Å². The predicted molar refractivity (Wildman–Crippen MR) is 82.9 cm³/mol. The molecule has 9 nitrogen and oxygen atoms in total. The molecule has 0 unspecified atom stereocenters. The van der Waals surface area contributed by atoms with Crippen molar-refractivity contribution >= 4 is 17.9 Å². The van der Waals surface area contributed by atoms with Gasteiger partial charge in [0.25, 0.3) is 5.91 Å². The number of aromatic nitrogens is 4. The Hall–Kier alpha value is -2.97. The van der Waals surface area contributed by atoms with E-state index in [4.69, 9.17) is 5.73 Å². The fourth-order valence-corrected chi connectivity index (χ4v) is 2.72. The van der Waals surface area contributed by atoms with Crippen LogP contribution in [-0.2, 0) is 19.9 Å². The van der Waals surface area contributed by atoms with Crippen molar-refractivity contribution in [3.05, 3.63) is 23.0 Å². The SMILES string of the molecule is CCNC(=O)Nc1ncc2c(n1)-c1c(c(C(N)=O)nn1C)CC2. The Labute approximate surface area is 132 Å². The number of nitrogens with zero attached hydrogens (tertiary/aromatic N) is 4. The number of urea groups is 1. The van der Waals surface area contributed by atoms with E-state index >= 15 is 0 Å². The van der Waals surface area contributed by atoms with E-state index in [-0.39, 0.29) is 17.7 Å². The number of amides is 3. The number of aryl methyl sites for hydroxylation is 2. The van der Waals surface area contributed by atoms with Crippen LogP contribution in [0, 0.1) is 0 Å². The van der Waals surface area contributed by atoms with Crippen LogP contribution in [0.2, 0.25) is 0 Å². The molecule has 3 amide bonds. The molecule has 9 heteroatoms. The third kappa shape index (κ3) is 2.60. The summed E-state index contributed by atoms with van der Waals surface area (Å²) in [4.78, 5) is 31.7. The summed E-state index contributed by atoms with van der Waals surface area (Å²) in [5, 5.41) is 9.39. The molecule has 1 aliphatic rings. The van der Waals surface area contributed by atoms with Gasteiger partial charge in [-0.25, -0.2) is 14.8 Å². The number of nitrogens with one attached hydrogen (secondary N) is 2. The maximum Gasteiger partial charge on any atom is 0.321 e. The Morgan fingerprint density at radius 1 is 1.39 bits per heavy atom. The molecule has 0 fully saturated rings. The van der Waals surface area contributed by atoms with Crippen molar-refractivity contribution in [1.29, 1.82) is 0 Å². The van der Waals surface area contributed by atoms with Gasteiger partial charge in [0.2, 0.25) is 5.95 Å². The normalized spacial score (nSPS) is 12.3. The summed E-state index contributed by atoms with van der Waals surface area (Å²) >= 11 is 0. The number of hydrogen-bond donors (Lipinski definition) is 3. The van der Waals surface area contributed by atoms with Crippen LogP contribution in [0.5, 0.6) is 0 Å². The number of hydrogen-bond acceptors (Lipinski definition) is 5. The molecule has 0 atom stereocenters. The number of primary amides is 1. The molecular weight excluding hydrogens is 298 g/mol. The topological polar surface area (TPSA) is 128 Å². The summed E-state index contributed by atoms with van der Waals surface area (Å²) in [5.74, 6) is -0.357. The zero-order valence-corrected chi connectivity index (χ0v) is 12.9. The lowest BCUT2D eigenvalue weighted by Crippen LogP contribution is -2.29. The molecule has 2 heterocycles. The van der Waals surface area contributed by atoms with Gasteiger partial charge in [0.15, 0.2) is 5.69 Å². The Kier molecular flexibility index (Phi) is 3.68. The summed E-state index contributed by atoms with van der Waals surface area (Å²) in [7, 11) is 1.74. The van der Waals surface area contributed by atoms with Crippen LogP contribution in [0.4, 0.5) is 10.7 Å². The van der Waals surface area contributed by atoms with Crippen molar-refractivity contribution in [2.75, 3.05) is 11.9 Å². The highest BCUT2D eigenvalue weighted by molar-refractivity contribution is 5.94. The molecule has 0 spiro atoms. The predicted octanol–water partition coefficient (Wildman–Crippen LogP) is 0.216. The molecule has 3 rings (SSSR count). The van der Waals surface area contributed by atoms with Crippen LogP contribution in [0.3, 0.4) is 0 Å². The third-order valence-corrected chi connectivity index (χ3v) is 3.67. The first-order valence-electron chi connectivity index (χ1n) is 7.28. The molecule has 0 saturated carbocycles. The first-order chi connectivity index (χ1) is 11.0. The van der Waals surface area contributed by atoms with Crippen molar-refractivity contribution in [3.63, 3.8) is 0 Å². The van der Waals surface area contributed by atoms with Gasteiger partial charge < -0.3 is 11.1 Å². The lowest BCUT2D eigenvalue weighted by Gasteiger charge is -2.17. The monoisotopic (exact) mass is 315 g/mol. The van der Waals surface area contributed by atoms with Gasteiger partial charge in [0, 0.05) is 25.4 Å². The Morgan fingerprint density at radius 2 is 2.17 bits per heavy atom. The van der Waals surface area contributed by atoms with Gasteiger partial charge in [-0.05, 0) is 25.3 Å². The minimum Gasteiger partial charge on any atom is -0.364 e. The largest absolute Gasteiger partial charge is 0.364 e. The number of carbonyl (C=O) groups excluding carboxylic acids is 2. The number of anilines is 1. The molecule has 23 heavy (non-hydrogen) atoms. The van der Waals surface area contributed by atoms with Crippen molar-refractivity contribution in [3.8, 4) is 11.4 Å². The molecule has 0 saturated heterocycles. The van der Waals surface area contributed by atoms with Gasteiger partial charge in [-0.15, -0.1) is 0 Å². The highest BCUT2D eigenvalue weighted by Crippen LogP contribution is 2.33. The van der Waals surface area contributed by atoms with Gasteiger partial charge in [-0.3, -0.25) is 14.8 Å². The molecule has 1 aliphatic carbocycles. The van der Waals surface area contributed by atoms with Crippen LogP contribution < -0.4 is 16.4 Å². The fraction of sp³-hybridized carbons (Fsp3) is 0.357. The minimum atomic E-state index is -0.556. The van der Waals surface area contributed by atoms with Crippen LogP contribution >= 0.6 is 0 Å². The Bertz CT molecular complexity index is 797. The molecule has 2 aromatic rings. The summed E-state index contributed by atoms with van der Waals surface area (Å²) in [6.07, 6.45) is 3.03. The summed E-state index contributed by atoms with van der Waals surface area (Å²) in [5.41, 5.74) is 8.79. The second-order valence-electron chi connectivity index (χ2n) is 5.22. The van der Waals surface area contributed by atoms with E-state index in [1.165, 1.54) is 0 Å². The highest BCUT2D eigenvalue weighted by Gasteiger charge is 2.28. The summed E-state index contributed by atoms with van der Waals surface area (Å²) in [6.45, 7) is 2.32. The van der Waals surface area contributed by atoms with Crippen LogP contribution in [0.15, 0.2) is 6.20 Å². The van der Waals surface area contributed by atoms with Gasteiger partial charge in [0.1, 0.15) is 0 Å². The van der Waals surface area contributed by atoms with E-state index in [1.807, 2.05) is 6.92 Å². The van der Waals surface area contributed by atoms with Crippen molar-refractivity contribution in [1.82, 2.24) is 25.1 Å². The zero-order chi connectivity index (χ0) is 16.6. The smallest absolute Gasteiger partial charge is 0.321 e. The highest BCUT2D eigenvalue weighted by atomic mass is 16.2. The maximum absolute atomic E-state index is 11.6. The van der Waals surface area contributed by atoms with Crippen LogP contribution in [-0.4, -0.2) is 38.2 Å². The van der Waals surface area contributed by atoms with Gasteiger partial charge in [-0.2, -0.15) is 5.10 Å². The summed E-state index contributed by atoms with van der Waals surface area (Å²) in [6, 6.07) is -0.369. The molecular formula is C14H17N7O2. The number of nitrogens with two attached hydrogens (primary N) is 1. The van der Waals surface area contributed by atoms with Gasteiger partial charge in [-0.1, -0.05) is 0 Å². The lowest BCUT2D eigenvalue weighted by molar-refractivity contribution is 0.0994. The molecule has 2 aromatic heterocycles. The standard InChI is InChI=1S/C14H17N7O2/c1-3-16-14(23)19-13-17-6-7-4-5-8-10(12(15)22)20-21(2)11(8)9(7)18-13/h6H,3-5H2,1-2H3,(H2,15,22)(H2,16,17,18,19,23). The van der Waals surface area contributed by atoms with Crippen molar-refractivity contribution < 1.29 is 9.59 Å².